The van der Waals surface area contributed by atoms with Crippen molar-refractivity contribution in [2.45, 2.75) is 11.8 Å². The van der Waals surface area contributed by atoms with E-state index in [-0.39, 0.29) is 18.0 Å². The summed E-state index contributed by atoms with van der Waals surface area (Å²) in [4.78, 5) is 9.16. The van der Waals surface area contributed by atoms with Crippen molar-refractivity contribution in [2.24, 2.45) is 0 Å². The van der Waals surface area contributed by atoms with E-state index in [1.54, 1.807) is 6.92 Å². The van der Waals surface area contributed by atoms with Gasteiger partial charge in [-0.15, -0.1) is 6.42 Å². The van der Waals surface area contributed by atoms with Crippen LogP contribution in [0.25, 0.3) is 0 Å². The molecule has 0 aromatic heterocycles. The predicted octanol–water partition coefficient (Wildman–Crippen LogP) is 1.38. The highest BCUT2D eigenvalue weighted by molar-refractivity contribution is 7.89. The molecule has 0 aliphatic rings. The van der Waals surface area contributed by atoms with Gasteiger partial charge in [-0.3, -0.25) is 10.1 Å². The molecule has 0 saturated carbocycles. The maximum atomic E-state index is 13.4. The standard InChI is InChI=1S/C11H11FN2O4S/c1-3-7-13(4-2)19(17,18)9-5-6-11(14(15)16)10(12)8-9/h1,5-6,8H,4,7H2,2H3. The second-order valence-electron chi connectivity index (χ2n) is 3.51. The van der Waals surface area contributed by atoms with Crippen LogP contribution in [0.15, 0.2) is 23.1 Å². The van der Waals surface area contributed by atoms with E-state index in [0.717, 1.165) is 16.4 Å². The van der Waals surface area contributed by atoms with Crippen LogP contribution in [-0.2, 0) is 10.0 Å². The van der Waals surface area contributed by atoms with Crippen LogP contribution in [-0.4, -0.2) is 30.7 Å². The van der Waals surface area contributed by atoms with Crippen LogP contribution >= 0.6 is 0 Å². The summed E-state index contributed by atoms with van der Waals surface area (Å²) in [5, 5.41) is 10.5. The summed E-state index contributed by atoms with van der Waals surface area (Å²) in [5.74, 6) is 0.978. The number of nitrogens with zero attached hydrogens (tertiary/aromatic N) is 2. The van der Waals surface area contributed by atoms with E-state index < -0.39 is 26.5 Å². The first-order chi connectivity index (χ1) is 8.84. The molecule has 0 spiro atoms. The number of rotatable bonds is 5. The van der Waals surface area contributed by atoms with Gasteiger partial charge in [0.2, 0.25) is 15.8 Å². The number of halogens is 1. The molecule has 0 saturated heterocycles. The highest BCUT2D eigenvalue weighted by Crippen LogP contribution is 2.22. The fourth-order valence-corrected chi connectivity index (χ4v) is 2.79. The minimum atomic E-state index is -3.95. The van der Waals surface area contributed by atoms with Gasteiger partial charge in [-0.25, -0.2) is 8.42 Å². The SMILES string of the molecule is C#CCN(CC)S(=O)(=O)c1ccc([N+](=O)[O-])c(F)c1. The molecule has 0 aliphatic heterocycles. The van der Waals surface area contributed by atoms with Gasteiger partial charge in [0.05, 0.1) is 16.4 Å². The normalized spacial score (nSPS) is 11.3. The van der Waals surface area contributed by atoms with Crippen molar-refractivity contribution in [1.29, 1.82) is 0 Å². The van der Waals surface area contributed by atoms with Gasteiger partial charge in [0.1, 0.15) is 0 Å². The van der Waals surface area contributed by atoms with Crippen molar-refractivity contribution < 1.29 is 17.7 Å². The Kier molecular flexibility index (Phi) is 4.58. The smallest absolute Gasteiger partial charge is 0.258 e. The molecule has 102 valence electrons. The van der Waals surface area contributed by atoms with E-state index in [4.69, 9.17) is 6.42 Å². The van der Waals surface area contributed by atoms with Gasteiger partial charge in [0.15, 0.2) is 0 Å². The van der Waals surface area contributed by atoms with E-state index in [0.29, 0.717) is 6.07 Å². The molecule has 0 amide bonds. The number of nitro benzene ring substituents is 1. The Hall–Kier alpha value is -1.98. The zero-order valence-electron chi connectivity index (χ0n) is 10.0. The summed E-state index contributed by atoms with van der Waals surface area (Å²) in [6, 6.07) is 2.41. The van der Waals surface area contributed by atoms with Crippen molar-refractivity contribution in [3.8, 4) is 12.3 Å². The van der Waals surface area contributed by atoms with Crippen molar-refractivity contribution in [1.82, 2.24) is 4.31 Å². The van der Waals surface area contributed by atoms with Crippen LogP contribution in [0.4, 0.5) is 10.1 Å². The Bertz CT molecular complexity index is 637. The molecule has 8 heteroatoms. The summed E-state index contributed by atoms with van der Waals surface area (Å²) >= 11 is 0. The molecular formula is C11H11FN2O4S. The molecule has 1 aromatic rings. The molecule has 0 atom stereocenters. The number of hydrogen-bond donors (Lipinski definition) is 0. The highest BCUT2D eigenvalue weighted by Gasteiger charge is 2.25. The van der Waals surface area contributed by atoms with Gasteiger partial charge in [-0.2, -0.15) is 8.70 Å². The predicted molar refractivity (Wildman–Crippen MR) is 66.3 cm³/mol. The van der Waals surface area contributed by atoms with Crippen LogP contribution in [0.3, 0.4) is 0 Å². The molecule has 1 rings (SSSR count). The maximum Gasteiger partial charge on any atom is 0.304 e. The largest absolute Gasteiger partial charge is 0.304 e. The minimum Gasteiger partial charge on any atom is -0.258 e. The quantitative estimate of drug-likeness (QED) is 0.465. The maximum absolute atomic E-state index is 13.4. The lowest BCUT2D eigenvalue weighted by molar-refractivity contribution is -0.387. The first-order valence-corrected chi connectivity index (χ1v) is 6.66. The van der Waals surface area contributed by atoms with Crippen LogP contribution in [0.5, 0.6) is 0 Å². The minimum absolute atomic E-state index is 0.116. The summed E-state index contributed by atoms with van der Waals surface area (Å²) in [6.07, 6.45) is 5.05. The molecule has 0 N–H and O–H groups in total. The van der Waals surface area contributed by atoms with Gasteiger partial charge in [-0.1, -0.05) is 12.8 Å². The number of nitro groups is 1. The Morgan fingerprint density at radius 3 is 2.58 bits per heavy atom. The molecule has 1 aromatic carbocycles. The number of sulfonamides is 1. The Morgan fingerprint density at radius 2 is 2.16 bits per heavy atom. The summed E-state index contributed by atoms with van der Waals surface area (Å²) in [5.41, 5.74) is -0.779. The molecule has 0 aliphatic carbocycles. The Labute approximate surface area is 110 Å². The molecule has 0 fully saturated rings. The second kappa shape index (κ2) is 5.77. The Balaban J connectivity index is 3.27. The number of benzene rings is 1. The van der Waals surface area contributed by atoms with E-state index in [1.165, 1.54) is 0 Å². The van der Waals surface area contributed by atoms with E-state index >= 15 is 0 Å². The fourth-order valence-electron chi connectivity index (χ4n) is 1.41. The third-order valence-electron chi connectivity index (χ3n) is 2.37. The lowest BCUT2D eigenvalue weighted by atomic mass is 10.3. The average Bonchev–Trinajstić information content (AvgIpc) is 2.34. The van der Waals surface area contributed by atoms with Crippen molar-refractivity contribution in [2.75, 3.05) is 13.1 Å². The number of hydrogen-bond acceptors (Lipinski definition) is 4. The molecule has 0 bridgehead atoms. The zero-order valence-corrected chi connectivity index (χ0v) is 10.9. The van der Waals surface area contributed by atoms with E-state index in [1.807, 2.05) is 0 Å². The average molecular weight is 286 g/mol. The third kappa shape index (κ3) is 3.07. The van der Waals surface area contributed by atoms with Crippen LogP contribution in [0, 0.1) is 28.3 Å². The van der Waals surface area contributed by atoms with Crippen LogP contribution in [0.1, 0.15) is 6.92 Å². The summed E-state index contributed by atoms with van der Waals surface area (Å²) < 4.78 is 38.5. The molecular weight excluding hydrogens is 275 g/mol. The van der Waals surface area contributed by atoms with Crippen molar-refractivity contribution in [3.63, 3.8) is 0 Å². The van der Waals surface area contributed by atoms with Crippen LogP contribution < -0.4 is 0 Å². The topological polar surface area (TPSA) is 80.5 Å². The first kappa shape index (κ1) is 15.1. The molecule has 0 unspecified atom stereocenters. The van der Waals surface area contributed by atoms with Gasteiger partial charge in [0.25, 0.3) is 0 Å². The first-order valence-electron chi connectivity index (χ1n) is 5.22. The molecule has 6 nitrogen and oxygen atoms in total. The molecule has 0 heterocycles. The van der Waals surface area contributed by atoms with Gasteiger partial charge >= 0.3 is 5.69 Å². The van der Waals surface area contributed by atoms with E-state index in [2.05, 4.69) is 5.92 Å². The van der Waals surface area contributed by atoms with Gasteiger partial charge in [0, 0.05) is 18.7 Å². The fraction of sp³-hybridized carbons (Fsp3) is 0.273. The third-order valence-corrected chi connectivity index (χ3v) is 4.29. The van der Waals surface area contributed by atoms with Gasteiger partial charge in [-0.05, 0) is 6.07 Å². The Morgan fingerprint density at radius 1 is 1.53 bits per heavy atom. The number of terminal acetylenes is 1. The van der Waals surface area contributed by atoms with E-state index in [9.17, 15) is 22.9 Å². The molecule has 0 radical (unpaired) electrons. The lowest BCUT2D eigenvalue weighted by Gasteiger charge is -2.17. The second-order valence-corrected chi connectivity index (χ2v) is 5.44. The highest BCUT2D eigenvalue weighted by atomic mass is 32.2. The van der Waals surface area contributed by atoms with Crippen LogP contribution in [0.2, 0.25) is 0 Å². The van der Waals surface area contributed by atoms with Crippen molar-refractivity contribution in [3.05, 3.63) is 34.1 Å². The molecule has 19 heavy (non-hydrogen) atoms. The summed E-state index contributed by atoms with van der Waals surface area (Å²) in [7, 11) is -3.95. The van der Waals surface area contributed by atoms with Crippen molar-refractivity contribution >= 4 is 15.7 Å². The summed E-state index contributed by atoms with van der Waals surface area (Å²) in [6.45, 7) is 1.54. The van der Waals surface area contributed by atoms with Gasteiger partial charge < -0.3 is 0 Å². The zero-order chi connectivity index (χ0) is 14.6. The monoisotopic (exact) mass is 286 g/mol. The lowest BCUT2D eigenvalue weighted by Crippen LogP contribution is -2.31.